The lowest BCUT2D eigenvalue weighted by Gasteiger charge is -2.35. The minimum Gasteiger partial charge on any atom is -0.378 e. The van der Waals surface area contributed by atoms with Crippen molar-refractivity contribution in [3.63, 3.8) is 0 Å². The highest BCUT2D eigenvalue weighted by atomic mass is 16.5. The molecule has 1 amide bonds. The van der Waals surface area contributed by atoms with Gasteiger partial charge in [0.05, 0.1) is 13.2 Å². The second-order valence-corrected chi connectivity index (χ2v) is 6.02. The molecule has 2 aromatic rings. The Balaban J connectivity index is 1.39. The van der Waals surface area contributed by atoms with Gasteiger partial charge >= 0.3 is 0 Å². The molecule has 8 nitrogen and oxygen atoms in total. The lowest BCUT2D eigenvalue weighted by molar-refractivity contribution is -0.140. The molecule has 2 aliphatic heterocycles. The molecule has 2 saturated heterocycles. The number of hydrogen-bond donors (Lipinski definition) is 0. The Morgan fingerprint density at radius 1 is 1.13 bits per heavy atom. The van der Waals surface area contributed by atoms with Crippen molar-refractivity contribution in [1.82, 2.24) is 24.7 Å². The van der Waals surface area contributed by atoms with Gasteiger partial charge < -0.3 is 14.5 Å². The smallest absolute Gasteiger partial charge is 0.225 e. The van der Waals surface area contributed by atoms with Crippen LogP contribution in [0.1, 0.15) is 12.8 Å². The fourth-order valence-corrected chi connectivity index (χ4v) is 3.28. The Hall–Kier alpha value is -2.22. The highest BCUT2D eigenvalue weighted by Gasteiger charge is 2.29. The molecule has 2 aromatic heterocycles. The van der Waals surface area contributed by atoms with Crippen molar-refractivity contribution in [2.75, 3.05) is 44.3 Å². The van der Waals surface area contributed by atoms with E-state index in [2.05, 4.69) is 20.2 Å². The molecule has 2 fully saturated rings. The lowest BCUT2D eigenvalue weighted by atomic mass is 9.95. The quantitative estimate of drug-likeness (QED) is 0.788. The van der Waals surface area contributed by atoms with E-state index in [1.165, 1.54) is 0 Å². The van der Waals surface area contributed by atoms with Crippen LogP contribution in [0.2, 0.25) is 0 Å². The van der Waals surface area contributed by atoms with E-state index in [1.807, 2.05) is 17.0 Å². The van der Waals surface area contributed by atoms with Gasteiger partial charge in [-0.1, -0.05) is 0 Å². The van der Waals surface area contributed by atoms with Crippen LogP contribution in [0.5, 0.6) is 0 Å². The van der Waals surface area contributed by atoms with Gasteiger partial charge in [0, 0.05) is 32.1 Å². The number of anilines is 1. The van der Waals surface area contributed by atoms with Crippen LogP contribution in [0.4, 0.5) is 5.82 Å². The van der Waals surface area contributed by atoms with Crippen LogP contribution in [0.15, 0.2) is 18.5 Å². The number of ether oxygens (including phenoxy) is 1. The maximum Gasteiger partial charge on any atom is 0.225 e. The highest BCUT2D eigenvalue weighted by Crippen LogP contribution is 2.23. The number of hydrogen-bond acceptors (Lipinski definition) is 6. The molecule has 0 bridgehead atoms. The first kappa shape index (κ1) is 14.4. The molecule has 4 rings (SSSR count). The molecular formula is C15H20N6O2. The van der Waals surface area contributed by atoms with Crippen LogP contribution in [0.3, 0.4) is 0 Å². The summed E-state index contributed by atoms with van der Waals surface area (Å²) < 4.78 is 7.00. The third-order valence-electron chi connectivity index (χ3n) is 4.64. The van der Waals surface area contributed by atoms with E-state index in [9.17, 15) is 4.79 Å². The summed E-state index contributed by atoms with van der Waals surface area (Å²) in [5.41, 5.74) is 0.742. The minimum absolute atomic E-state index is 0.128. The van der Waals surface area contributed by atoms with Crippen molar-refractivity contribution in [3.05, 3.63) is 18.5 Å². The molecule has 0 N–H and O–H groups in total. The first-order chi connectivity index (χ1) is 11.3. The third kappa shape index (κ3) is 2.86. The molecule has 23 heavy (non-hydrogen) atoms. The molecular weight excluding hydrogens is 296 g/mol. The predicted octanol–water partition coefficient (Wildman–Crippen LogP) is 0.200. The van der Waals surface area contributed by atoms with E-state index < -0.39 is 0 Å². The van der Waals surface area contributed by atoms with Crippen molar-refractivity contribution in [1.29, 1.82) is 0 Å². The lowest BCUT2D eigenvalue weighted by Crippen LogP contribution is -2.47. The number of carbonyl (C=O) groups is 1. The molecule has 0 aromatic carbocycles. The standard InChI is InChI=1S/C15H20N6O2/c22-15(20-7-9-23-10-8-20)12-3-5-19(6-4-12)14-2-1-13-17-16-11-21(13)18-14/h1-2,11-12H,3-10H2. The molecule has 0 spiro atoms. The van der Waals surface area contributed by atoms with E-state index in [-0.39, 0.29) is 11.8 Å². The van der Waals surface area contributed by atoms with E-state index >= 15 is 0 Å². The third-order valence-corrected chi connectivity index (χ3v) is 4.64. The number of piperidine rings is 1. The molecule has 4 heterocycles. The van der Waals surface area contributed by atoms with Crippen LogP contribution in [-0.4, -0.2) is 70.0 Å². The maximum absolute atomic E-state index is 12.6. The summed E-state index contributed by atoms with van der Waals surface area (Å²) >= 11 is 0. The molecule has 0 aliphatic carbocycles. The first-order valence-corrected chi connectivity index (χ1v) is 8.10. The number of morpholine rings is 1. The van der Waals surface area contributed by atoms with Crippen molar-refractivity contribution in [2.24, 2.45) is 5.92 Å². The monoisotopic (exact) mass is 316 g/mol. The summed E-state index contributed by atoms with van der Waals surface area (Å²) in [6.07, 6.45) is 3.35. The van der Waals surface area contributed by atoms with E-state index in [0.29, 0.717) is 13.2 Å². The van der Waals surface area contributed by atoms with Gasteiger partial charge in [0.2, 0.25) is 5.91 Å². The Morgan fingerprint density at radius 3 is 2.70 bits per heavy atom. The fourth-order valence-electron chi connectivity index (χ4n) is 3.28. The summed E-state index contributed by atoms with van der Waals surface area (Å²) in [6.45, 7) is 4.47. The summed E-state index contributed by atoms with van der Waals surface area (Å²) in [4.78, 5) is 16.7. The molecule has 122 valence electrons. The van der Waals surface area contributed by atoms with Crippen molar-refractivity contribution in [2.45, 2.75) is 12.8 Å². The molecule has 0 saturated carbocycles. The number of carbonyl (C=O) groups excluding carboxylic acids is 1. The number of aromatic nitrogens is 4. The van der Waals surface area contributed by atoms with Crippen molar-refractivity contribution >= 4 is 17.4 Å². The average molecular weight is 316 g/mol. The Morgan fingerprint density at radius 2 is 1.91 bits per heavy atom. The summed E-state index contributed by atoms with van der Waals surface area (Å²) in [5, 5.41) is 12.3. The Kier molecular flexibility index (Phi) is 3.82. The van der Waals surface area contributed by atoms with Gasteiger partial charge in [-0.15, -0.1) is 15.3 Å². The van der Waals surface area contributed by atoms with Gasteiger partial charge in [0.15, 0.2) is 5.65 Å². The van der Waals surface area contributed by atoms with Gasteiger partial charge in [-0.2, -0.15) is 4.52 Å². The Labute approximate surface area is 134 Å². The highest BCUT2D eigenvalue weighted by molar-refractivity contribution is 5.79. The topological polar surface area (TPSA) is 75.9 Å². The van der Waals surface area contributed by atoms with E-state index in [4.69, 9.17) is 4.74 Å². The van der Waals surface area contributed by atoms with Crippen LogP contribution in [-0.2, 0) is 9.53 Å². The van der Waals surface area contributed by atoms with Crippen molar-refractivity contribution < 1.29 is 9.53 Å². The van der Waals surface area contributed by atoms with Gasteiger partial charge in [-0.05, 0) is 25.0 Å². The van der Waals surface area contributed by atoms with Crippen LogP contribution in [0.25, 0.3) is 5.65 Å². The zero-order valence-corrected chi connectivity index (χ0v) is 13.0. The van der Waals surface area contributed by atoms with E-state index in [1.54, 1.807) is 10.8 Å². The van der Waals surface area contributed by atoms with Gasteiger partial charge in [0.1, 0.15) is 12.1 Å². The summed E-state index contributed by atoms with van der Waals surface area (Å²) in [7, 11) is 0. The van der Waals surface area contributed by atoms with Crippen LogP contribution >= 0.6 is 0 Å². The largest absolute Gasteiger partial charge is 0.378 e. The molecule has 8 heteroatoms. The van der Waals surface area contributed by atoms with Crippen LogP contribution < -0.4 is 4.90 Å². The summed E-state index contributed by atoms with van der Waals surface area (Å²) in [6, 6.07) is 3.88. The molecule has 0 unspecified atom stereocenters. The Bertz CT molecular complexity index is 688. The number of rotatable bonds is 2. The zero-order chi connectivity index (χ0) is 15.6. The molecule has 0 atom stereocenters. The van der Waals surface area contributed by atoms with Crippen LogP contribution in [0, 0.1) is 5.92 Å². The second kappa shape index (κ2) is 6.11. The van der Waals surface area contributed by atoms with Gasteiger partial charge in [-0.3, -0.25) is 4.79 Å². The predicted molar refractivity (Wildman–Crippen MR) is 83.1 cm³/mol. The van der Waals surface area contributed by atoms with Gasteiger partial charge in [0.25, 0.3) is 0 Å². The second-order valence-electron chi connectivity index (χ2n) is 6.02. The minimum atomic E-state index is 0.128. The number of fused-ring (bicyclic) bond motifs is 1. The summed E-state index contributed by atoms with van der Waals surface area (Å²) in [5.74, 6) is 1.33. The average Bonchev–Trinajstić information content (AvgIpc) is 3.10. The molecule has 0 radical (unpaired) electrons. The van der Waals surface area contributed by atoms with Gasteiger partial charge in [-0.25, -0.2) is 0 Å². The van der Waals surface area contributed by atoms with E-state index in [0.717, 1.165) is 50.5 Å². The van der Waals surface area contributed by atoms with Crippen molar-refractivity contribution in [3.8, 4) is 0 Å². The number of nitrogens with zero attached hydrogens (tertiary/aromatic N) is 6. The SMILES string of the molecule is O=C(C1CCN(c2ccc3nncn3n2)CC1)N1CCOCC1. The number of amides is 1. The zero-order valence-electron chi connectivity index (χ0n) is 13.0. The fraction of sp³-hybridized carbons (Fsp3) is 0.600. The first-order valence-electron chi connectivity index (χ1n) is 8.10. The maximum atomic E-state index is 12.6. The normalized spacial score (nSPS) is 20.2. The molecule has 2 aliphatic rings.